The molecule has 0 fully saturated rings. The van der Waals surface area contributed by atoms with Gasteiger partial charge in [-0.1, -0.05) is 200 Å². The molecule has 1 atom stereocenters. The number of hydrogen-bond acceptors (Lipinski definition) is 1. The Bertz CT molecular complexity index is 2040. The normalized spacial score (nSPS) is 14.0. The van der Waals surface area contributed by atoms with E-state index in [1.807, 2.05) is 0 Å². The van der Waals surface area contributed by atoms with E-state index in [0.717, 1.165) is 6.42 Å². The van der Waals surface area contributed by atoms with Crippen molar-refractivity contribution in [3.8, 4) is 22.3 Å². The minimum atomic E-state index is 0.0533. The maximum Gasteiger partial charge on any atom is 0.0462 e. The molecular formula is C57H75N. The van der Waals surface area contributed by atoms with Crippen LogP contribution < -0.4 is 4.90 Å². The Morgan fingerprint density at radius 1 is 0.466 bits per heavy atom. The maximum absolute atomic E-state index is 2.62. The molecule has 5 aromatic rings. The lowest BCUT2D eigenvalue weighted by molar-refractivity contribution is 0.398. The van der Waals surface area contributed by atoms with Crippen molar-refractivity contribution < 1.29 is 0 Å². The first-order chi connectivity index (χ1) is 27.8. The van der Waals surface area contributed by atoms with Gasteiger partial charge in [-0.25, -0.2) is 0 Å². The van der Waals surface area contributed by atoms with Gasteiger partial charge in [0, 0.05) is 22.5 Å². The Morgan fingerprint density at radius 3 is 1.40 bits per heavy atom. The van der Waals surface area contributed by atoms with Crippen LogP contribution in [0.25, 0.3) is 22.3 Å². The van der Waals surface area contributed by atoms with Gasteiger partial charge in [0.05, 0.1) is 0 Å². The first kappa shape index (κ1) is 43.5. The number of fused-ring (bicyclic) bond motifs is 3. The second-order valence-electron chi connectivity index (χ2n) is 19.8. The van der Waals surface area contributed by atoms with Crippen molar-refractivity contribution in [3.05, 3.63) is 137 Å². The standard InChI is InChI=1S/C57H75N/c1-11-14-16-18-20-38-57(39-21-19-17-15-12-2)53-40-45(26-36-51(53)52-37-29-47(41-54(52)57)56(8,9)10)44-24-32-49(33-25-44)58(48-30-22-43(23-31-48)42(4)13-3)50-34-27-46(28-35-50)55(5,6)7/h22-37,40-42H,11-21,38-39H2,1-10H3. The van der Waals surface area contributed by atoms with Crippen molar-refractivity contribution in [1.29, 1.82) is 0 Å². The molecule has 1 heteroatoms. The molecule has 5 aromatic carbocycles. The van der Waals surface area contributed by atoms with Crippen molar-refractivity contribution in [3.63, 3.8) is 0 Å². The lowest BCUT2D eigenvalue weighted by Crippen LogP contribution is -2.26. The highest BCUT2D eigenvalue weighted by molar-refractivity contribution is 5.85. The van der Waals surface area contributed by atoms with Gasteiger partial charge >= 0.3 is 0 Å². The van der Waals surface area contributed by atoms with Crippen LogP contribution in [-0.4, -0.2) is 0 Å². The van der Waals surface area contributed by atoms with Crippen LogP contribution in [0.3, 0.4) is 0 Å². The van der Waals surface area contributed by atoms with E-state index in [1.165, 1.54) is 133 Å². The van der Waals surface area contributed by atoms with E-state index in [-0.39, 0.29) is 16.2 Å². The van der Waals surface area contributed by atoms with Gasteiger partial charge in [0.1, 0.15) is 0 Å². The average molecular weight is 774 g/mol. The molecule has 0 radical (unpaired) electrons. The highest BCUT2D eigenvalue weighted by atomic mass is 15.1. The largest absolute Gasteiger partial charge is 0.311 e. The summed E-state index contributed by atoms with van der Waals surface area (Å²) < 4.78 is 0. The topological polar surface area (TPSA) is 3.24 Å². The van der Waals surface area contributed by atoms with E-state index in [4.69, 9.17) is 0 Å². The van der Waals surface area contributed by atoms with Crippen LogP contribution in [0.5, 0.6) is 0 Å². The van der Waals surface area contributed by atoms with Crippen LogP contribution in [0.2, 0.25) is 0 Å². The first-order valence-corrected chi connectivity index (χ1v) is 23.2. The summed E-state index contributed by atoms with van der Waals surface area (Å²) in [4.78, 5) is 2.42. The lowest BCUT2D eigenvalue weighted by Gasteiger charge is -2.34. The SMILES string of the molecule is CCCCCCCC1(CCCCCCC)c2cc(-c3ccc(N(c4ccc(C(C)CC)cc4)c4ccc(C(C)(C)C)cc4)cc3)ccc2-c2ccc(C(C)(C)C)cc21. The summed E-state index contributed by atoms with van der Waals surface area (Å²) in [6.45, 7) is 23.2. The van der Waals surface area contributed by atoms with E-state index in [0.29, 0.717) is 5.92 Å². The molecule has 0 aromatic heterocycles. The predicted molar refractivity (Wildman–Crippen MR) is 256 cm³/mol. The third-order valence-corrected chi connectivity index (χ3v) is 13.4. The summed E-state index contributed by atoms with van der Waals surface area (Å²) in [6.07, 6.45) is 16.8. The van der Waals surface area contributed by atoms with Crippen LogP contribution in [0.4, 0.5) is 17.1 Å². The smallest absolute Gasteiger partial charge is 0.0462 e. The molecule has 1 unspecified atom stereocenters. The van der Waals surface area contributed by atoms with Crippen LogP contribution in [0.1, 0.15) is 186 Å². The molecule has 0 aliphatic heterocycles. The Kier molecular flexibility index (Phi) is 14.1. The predicted octanol–water partition coefficient (Wildman–Crippen LogP) is 17.9. The third kappa shape index (κ3) is 9.67. The first-order valence-electron chi connectivity index (χ1n) is 23.2. The van der Waals surface area contributed by atoms with Gasteiger partial charge in [-0.3, -0.25) is 0 Å². The van der Waals surface area contributed by atoms with Crippen LogP contribution >= 0.6 is 0 Å². The Morgan fingerprint density at radius 2 is 0.897 bits per heavy atom. The Balaban J connectivity index is 1.40. The number of unbranched alkanes of at least 4 members (excludes halogenated alkanes) is 8. The van der Waals surface area contributed by atoms with Crippen LogP contribution in [0.15, 0.2) is 109 Å². The zero-order chi connectivity index (χ0) is 41.5. The molecule has 1 aliphatic carbocycles. The van der Waals surface area contributed by atoms with E-state index in [1.54, 1.807) is 11.1 Å². The quantitative estimate of drug-likeness (QED) is 0.0802. The van der Waals surface area contributed by atoms with E-state index in [2.05, 4.69) is 183 Å². The second-order valence-corrected chi connectivity index (χ2v) is 19.8. The van der Waals surface area contributed by atoms with Crippen LogP contribution in [0, 0.1) is 0 Å². The van der Waals surface area contributed by atoms with E-state index >= 15 is 0 Å². The zero-order valence-corrected chi connectivity index (χ0v) is 38.1. The highest BCUT2D eigenvalue weighted by Gasteiger charge is 2.43. The minimum absolute atomic E-state index is 0.0533. The van der Waals surface area contributed by atoms with Gasteiger partial charge in [-0.05, 0) is 129 Å². The van der Waals surface area contributed by atoms with Gasteiger partial charge in [-0.15, -0.1) is 0 Å². The summed E-state index contributed by atoms with van der Waals surface area (Å²) >= 11 is 0. The summed E-state index contributed by atoms with van der Waals surface area (Å²) in [5, 5.41) is 0. The molecule has 0 heterocycles. The molecule has 1 aliphatic rings. The molecule has 0 saturated heterocycles. The number of hydrogen-bond donors (Lipinski definition) is 0. The molecule has 0 N–H and O–H groups in total. The maximum atomic E-state index is 2.62. The summed E-state index contributed by atoms with van der Waals surface area (Å²) in [5.74, 6) is 0.550. The number of benzene rings is 5. The Hall–Kier alpha value is -4.10. The molecule has 0 bridgehead atoms. The Labute approximate surface area is 354 Å². The zero-order valence-electron chi connectivity index (χ0n) is 38.1. The average Bonchev–Trinajstić information content (AvgIpc) is 3.48. The van der Waals surface area contributed by atoms with Gasteiger partial charge in [-0.2, -0.15) is 0 Å². The van der Waals surface area contributed by atoms with E-state index in [9.17, 15) is 0 Å². The molecule has 6 rings (SSSR count). The number of anilines is 3. The van der Waals surface area contributed by atoms with Gasteiger partial charge in [0.2, 0.25) is 0 Å². The number of nitrogens with zero attached hydrogens (tertiary/aromatic N) is 1. The fourth-order valence-corrected chi connectivity index (χ4v) is 9.41. The van der Waals surface area contributed by atoms with Crippen molar-refractivity contribution in [1.82, 2.24) is 0 Å². The van der Waals surface area contributed by atoms with Gasteiger partial charge in [0.25, 0.3) is 0 Å². The van der Waals surface area contributed by atoms with E-state index < -0.39 is 0 Å². The summed E-state index contributed by atoms with van der Waals surface area (Å²) in [6, 6.07) is 42.8. The molecular weight excluding hydrogens is 699 g/mol. The molecule has 1 nitrogen and oxygen atoms in total. The third-order valence-electron chi connectivity index (χ3n) is 13.4. The molecule has 0 amide bonds. The fraction of sp³-hybridized carbons (Fsp3) is 0.474. The molecule has 0 saturated carbocycles. The summed E-state index contributed by atoms with van der Waals surface area (Å²) in [7, 11) is 0. The highest BCUT2D eigenvalue weighted by Crippen LogP contribution is 2.56. The monoisotopic (exact) mass is 774 g/mol. The lowest BCUT2D eigenvalue weighted by atomic mass is 9.69. The van der Waals surface area contributed by atoms with Crippen LogP contribution in [-0.2, 0) is 16.2 Å². The van der Waals surface area contributed by atoms with Crippen molar-refractivity contribution in [2.75, 3.05) is 4.90 Å². The van der Waals surface area contributed by atoms with Crippen molar-refractivity contribution >= 4 is 17.1 Å². The van der Waals surface area contributed by atoms with Crippen molar-refractivity contribution in [2.24, 2.45) is 0 Å². The molecule has 308 valence electrons. The number of rotatable bonds is 18. The van der Waals surface area contributed by atoms with Gasteiger partial charge < -0.3 is 4.90 Å². The van der Waals surface area contributed by atoms with Gasteiger partial charge in [0.15, 0.2) is 0 Å². The minimum Gasteiger partial charge on any atom is -0.311 e. The fourth-order valence-electron chi connectivity index (χ4n) is 9.41. The molecule has 58 heavy (non-hydrogen) atoms. The second kappa shape index (κ2) is 18.9. The van der Waals surface area contributed by atoms with Crippen molar-refractivity contribution in [2.45, 2.75) is 175 Å². The summed E-state index contributed by atoms with van der Waals surface area (Å²) in [5.41, 5.74) is 16.8. The molecule has 0 spiro atoms.